The molecule has 0 saturated heterocycles. The van der Waals surface area contributed by atoms with Gasteiger partial charge in [-0.3, -0.25) is 14.2 Å². The third kappa shape index (κ3) is 3.77. The number of rotatable bonds is 7. The zero-order chi connectivity index (χ0) is 17.8. The first-order chi connectivity index (χ1) is 12.1. The van der Waals surface area contributed by atoms with Gasteiger partial charge in [0.15, 0.2) is 10.9 Å². The van der Waals surface area contributed by atoms with Crippen LogP contribution in [0.4, 0.5) is 0 Å². The zero-order valence-electron chi connectivity index (χ0n) is 14.0. The van der Waals surface area contributed by atoms with Gasteiger partial charge in [-0.2, -0.15) is 0 Å². The summed E-state index contributed by atoms with van der Waals surface area (Å²) in [7, 11) is 0. The number of ketones is 1. The van der Waals surface area contributed by atoms with Crippen molar-refractivity contribution in [1.29, 1.82) is 0 Å². The molecule has 0 N–H and O–H groups in total. The van der Waals surface area contributed by atoms with Gasteiger partial charge in [0.05, 0.1) is 17.9 Å². The number of Topliss-reactive ketones (excluding diaryl/α,β-unsaturated/α-hetero) is 1. The number of hydrogen-bond acceptors (Lipinski definition) is 6. The molecule has 0 unspecified atom stereocenters. The summed E-state index contributed by atoms with van der Waals surface area (Å²) in [4.78, 5) is 29.4. The predicted molar refractivity (Wildman–Crippen MR) is 102 cm³/mol. The van der Waals surface area contributed by atoms with E-state index in [9.17, 15) is 9.59 Å². The van der Waals surface area contributed by atoms with Gasteiger partial charge >= 0.3 is 0 Å². The molecule has 0 bridgehead atoms. The molecule has 0 radical (unpaired) electrons. The van der Waals surface area contributed by atoms with Crippen molar-refractivity contribution in [2.24, 2.45) is 0 Å². The summed E-state index contributed by atoms with van der Waals surface area (Å²) in [5, 5.41) is 2.44. The van der Waals surface area contributed by atoms with Gasteiger partial charge in [0.2, 0.25) is 0 Å². The van der Waals surface area contributed by atoms with Crippen molar-refractivity contribution in [2.45, 2.75) is 25.5 Å². The number of fused-ring (bicyclic) bond motifs is 1. The van der Waals surface area contributed by atoms with E-state index in [2.05, 4.69) is 4.98 Å². The average Bonchev–Trinajstić information content (AvgIpc) is 3.09. The summed E-state index contributed by atoms with van der Waals surface area (Å²) >= 11 is 2.69. The van der Waals surface area contributed by atoms with Gasteiger partial charge in [-0.25, -0.2) is 4.98 Å². The fourth-order valence-corrected chi connectivity index (χ4v) is 4.17. The Kier molecular flexibility index (Phi) is 5.55. The van der Waals surface area contributed by atoms with E-state index in [-0.39, 0.29) is 17.1 Å². The normalized spacial score (nSPS) is 11.0. The predicted octanol–water partition coefficient (Wildman–Crippen LogP) is 3.85. The second kappa shape index (κ2) is 7.84. The molecule has 0 aliphatic heterocycles. The number of carbonyl (C=O) groups excluding carboxylic acids is 1. The highest BCUT2D eigenvalue weighted by Crippen LogP contribution is 2.22. The molecule has 0 atom stereocenters. The summed E-state index contributed by atoms with van der Waals surface area (Å²) in [6.45, 7) is 4.94. The van der Waals surface area contributed by atoms with Gasteiger partial charge in [0.1, 0.15) is 10.4 Å². The largest absolute Gasteiger partial charge is 0.494 e. The Hall–Kier alpha value is -2.12. The maximum Gasteiger partial charge on any atom is 0.272 e. The molecule has 3 rings (SSSR count). The van der Waals surface area contributed by atoms with E-state index in [1.54, 1.807) is 28.8 Å². The number of thioether (sulfide) groups is 1. The van der Waals surface area contributed by atoms with Crippen molar-refractivity contribution in [2.75, 3.05) is 12.4 Å². The summed E-state index contributed by atoms with van der Waals surface area (Å²) in [6, 6.07) is 8.93. The van der Waals surface area contributed by atoms with Crippen LogP contribution >= 0.6 is 23.1 Å². The van der Waals surface area contributed by atoms with Crippen LogP contribution in [0.15, 0.2) is 45.7 Å². The van der Waals surface area contributed by atoms with Gasteiger partial charge in [-0.15, -0.1) is 11.3 Å². The Morgan fingerprint density at radius 2 is 2.00 bits per heavy atom. The first-order valence-electron chi connectivity index (χ1n) is 8.01. The highest BCUT2D eigenvalue weighted by molar-refractivity contribution is 7.99. The van der Waals surface area contributed by atoms with Gasteiger partial charge in [0.25, 0.3) is 5.56 Å². The first-order valence-corrected chi connectivity index (χ1v) is 9.87. The average molecular weight is 374 g/mol. The Bertz CT molecular complexity index is 945. The van der Waals surface area contributed by atoms with Gasteiger partial charge < -0.3 is 4.74 Å². The Morgan fingerprint density at radius 3 is 2.68 bits per heavy atom. The fourth-order valence-electron chi connectivity index (χ4n) is 2.43. The lowest BCUT2D eigenvalue weighted by atomic mass is 10.1. The highest BCUT2D eigenvalue weighted by Gasteiger charge is 2.14. The summed E-state index contributed by atoms with van der Waals surface area (Å²) in [5.41, 5.74) is 1.27. The quantitative estimate of drug-likeness (QED) is 0.357. The molecule has 0 saturated carbocycles. The van der Waals surface area contributed by atoms with E-state index in [0.29, 0.717) is 34.1 Å². The summed E-state index contributed by atoms with van der Waals surface area (Å²) in [5.74, 6) is 0.974. The molecular formula is C18H18N2O3S2. The lowest BCUT2D eigenvalue weighted by Crippen LogP contribution is -2.22. The number of ether oxygens (including phenoxy) is 1. The van der Waals surface area contributed by atoms with E-state index in [1.807, 2.05) is 25.3 Å². The lowest BCUT2D eigenvalue weighted by Gasteiger charge is -2.09. The maximum atomic E-state index is 12.5. The Balaban J connectivity index is 1.77. The second-order valence-corrected chi connectivity index (χ2v) is 7.11. The van der Waals surface area contributed by atoms with Crippen LogP contribution < -0.4 is 10.3 Å². The molecule has 5 nitrogen and oxygen atoms in total. The Labute approximate surface area is 153 Å². The van der Waals surface area contributed by atoms with Crippen LogP contribution in [0.25, 0.3) is 10.2 Å². The zero-order valence-corrected chi connectivity index (χ0v) is 15.7. The molecule has 7 heteroatoms. The van der Waals surface area contributed by atoms with Crippen molar-refractivity contribution in [1.82, 2.24) is 9.55 Å². The van der Waals surface area contributed by atoms with E-state index >= 15 is 0 Å². The van der Waals surface area contributed by atoms with Crippen LogP contribution in [0, 0.1) is 0 Å². The van der Waals surface area contributed by atoms with E-state index in [4.69, 9.17) is 4.74 Å². The van der Waals surface area contributed by atoms with Crippen LogP contribution in [-0.4, -0.2) is 27.7 Å². The van der Waals surface area contributed by atoms with E-state index < -0.39 is 0 Å². The molecule has 0 fully saturated rings. The third-order valence-corrected chi connectivity index (χ3v) is 5.53. The Morgan fingerprint density at radius 1 is 1.24 bits per heavy atom. The van der Waals surface area contributed by atoms with Crippen molar-refractivity contribution >= 4 is 39.1 Å². The van der Waals surface area contributed by atoms with Gasteiger partial charge in [0, 0.05) is 12.1 Å². The molecule has 25 heavy (non-hydrogen) atoms. The smallest absolute Gasteiger partial charge is 0.272 e. The first kappa shape index (κ1) is 17.7. The summed E-state index contributed by atoms with van der Waals surface area (Å²) in [6.07, 6.45) is 0. The maximum absolute atomic E-state index is 12.5. The number of hydrogen-bond donors (Lipinski definition) is 0. The molecule has 0 aliphatic rings. The molecule has 2 aromatic heterocycles. The molecule has 2 heterocycles. The van der Waals surface area contributed by atoms with Crippen molar-refractivity contribution in [3.05, 3.63) is 51.6 Å². The molecule has 0 aliphatic carbocycles. The number of carbonyl (C=O) groups is 1. The second-order valence-electron chi connectivity index (χ2n) is 5.25. The minimum Gasteiger partial charge on any atom is -0.494 e. The molecule has 130 valence electrons. The summed E-state index contributed by atoms with van der Waals surface area (Å²) < 4.78 is 7.66. The number of thiophene rings is 1. The standard InChI is InChI=1S/C18H18N2O3S2/c1-3-20-17(22)16-14(9-10-24-16)19-18(20)25-11-15(21)12-5-7-13(8-6-12)23-4-2/h5-10H,3-4,11H2,1-2H3. The van der Waals surface area contributed by atoms with Crippen LogP contribution in [0.5, 0.6) is 5.75 Å². The van der Waals surface area contributed by atoms with Crippen molar-refractivity contribution in [3.8, 4) is 5.75 Å². The van der Waals surface area contributed by atoms with Gasteiger partial charge in [-0.05, 0) is 49.6 Å². The number of nitrogens with zero attached hydrogens (tertiary/aromatic N) is 2. The minimum absolute atomic E-state index is 0.00429. The lowest BCUT2D eigenvalue weighted by molar-refractivity contribution is 0.102. The number of benzene rings is 1. The third-order valence-electron chi connectivity index (χ3n) is 3.67. The number of aromatic nitrogens is 2. The van der Waals surface area contributed by atoms with Crippen LogP contribution in [0.2, 0.25) is 0 Å². The molecule has 0 amide bonds. The van der Waals surface area contributed by atoms with E-state index in [1.165, 1.54) is 23.1 Å². The van der Waals surface area contributed by atoms with E-state index in [0.717, 1.165) is 5.75 Å². The van der Waals surface area contributed by atoms with Crippen LogP contribution in [0.1, 0.15) is 24.2 Å². The van der Waals surface area contributed by atoms with Crippen molar-refractivity contribution in [3.63, 3.8) is 0 Å². The van der Waals surface area contributed by atoms with Gasteiger partial charge in [-0.1, -0.05) is 11.8 Å². The van der Waals surface area contributed by atoms with Crippen LogP contribution in [0.3, 0.4) is 0 Å². The topological polar surface area (TPSA) is 61.2 Å². The molecule has 0 spiro atoms. The highest BCUT2D eigenvalue weighted by atomic mass is 32.2. The SMILES string of the molecule is CCOc1ccc(C(=O)CSc2nc3ccsc3c(=O)n2CC)cc1. The molecule has 1 aromatic carbocycles. The minimum atomic E-state index is -0.0430. The molecular weight excluding hydrogens is 356 g/mol. The molecule has 3 aromatic rings. The van der Waals surface area contributed by atoms with Crippen LogP contribution in [-0.2, 0) is 6.54 Å². The monoisotopic (exact) mass is 374 g/mol. The van der Waals surface area contributed by atoms with Crippen molar-refractivity contribution < 1.29 is 9.53 Å². The fraction of sp³-hybridized carbons (Fsp3) is 0.278.